The van der Waals surface area contributed by atoms with Crippen molar-refractivity contribution in [3.05, 3.63) is 34.9 Å². The first-order valence-electron chi connectivity index (χ1n) is 6.58. The van der Waals surface area contributed by atoms with Crippen molar-refractivity contribution in [3.8, 4) is 0 Å². The quantitative estimate of drug-likeness (QED) is 0.861. The summed E-state index contributed by atoms with van der Waals surface area (Å²) in [5, 5.41) is 3.58. The fraction of sp³-hybridized carbons (Fsp3) is 0.429. The van der Waals surface area contributed by atoms with Crippen LogP contribution in [0.3, 0.4) is 0 Å². The minimum Gasteiger partial charge on any atom is -0.358 e. The summed E-state index contributed by atoms with van der Waals surface area (Å²) in [6, 6.07) is 7.45. The molecule has 1 N–H and O–H groups in total. The lowest BCUT2D eigenvalue weighted by Gasteiger charge is -2.17. The molecule has 1 aromatic rings. The van der Waals surface area contributed by atoms with Gasteiger partial charge in [0.15, 0.2) is 0 Å². The second-order valence-corrected chi connectivity index (χ2v) is 6.70. The van der Waals surface area contributed by atoms with Gasteiger partial charge in [0, 0.05) is 24.7 Å². The number of nitrogens with zero attached hydrogens (tertiary/aromatic N) is 1. The van der Waals surface area contributed by atoms with Gasteiger partial charge in [0.2, 0.25) is 5.91 Å². The fourth-order valence-corrected chi connectivity index (χ4v) is 3.18. The third-order valence-electron chi connectivity index (χ3n) is 3.09. The molecule has 0 spiro atoms. The highest BCUT2D eigenvalue weighted by molar-refractivity contribution is 8.23. The molecule has 0 unspecified atom stereocenters. The second-order valence-electron chi connectivity index (χ2n) is 4.65. The second kappa shape index (κ2) is 7.86. The summed E-state index contributed by atoms with van der Waals surface area (Å²) in [6.07, 6.45) is 2.40. The average molecular weight is 329 g/mol. The van der Waals surface area contributed by atoms with E-state index in [1.54, 1.807) is 0 Å². The van der Waals surface area contributed by atoms with Crippen molar-refractivity contribution in [2.75, 3.05) is 18.8 Å². The summed E-state index contributed by atoms with van der Waals surface area (Å²) in [6.45, 7) is 2.57. The van der Waals surface area contributed by atoms with Crippen LogP contribution >= 0.6 is 35.6 Å². The van der Waals surface area contributed by atoms with Crippen LogP contribution in [-0.4, -0.2) is 34.0 Å². The van der Waals surface area contributed by atoms with Crippen molar-refractivity contribution in [1.29, 1.82) is 0 Å². The number of benzene rings is 1. The third-order valence-corrected chi connectivity index (χ3v) is 4.87. The van der Waals surface area contributed by atoms with Crippen LogP contribution in [0.15, 0.2) is 24.3 Å². The molecule has 1 heterocycles. The molecule has 1 amide bonds. The minimum absolute atomic E-state index is 0.00602. The zero-order valence-electron chi connectivity index (χ0n) is 11.1. The predicted molar refractivity (Wildman–Crippen MR) is 89.2 cm³/mol. The van der Waals surface area contributed by atoms with Crippen molar-refractivity contribution in [2.24, 2.45) is 0 Å². The van der Waals surface area contributed by atoms with E-state index in [4.69, 9.17) is 23.8 Å². The Morgan fingerprint density at radius 1 is 1.30 bits per heavy atom. The molecule has 1 aliphatic rings. The van der Waals surface area contributed by atoms with Crippen molar-refractivity contribution in [2.45, 2.75) is 19.4 Å². The number of hydrogen-bond donors (Lipinski definition) is 1. The summed E-state index contributed by atoms with van der Waals surface area (Å²) in [7, 11) is 0. The fourth-order valence-electron chi connectivity index (χ4n) is 1.97. The van der Waals surface area contributed by atoms with Crippen molar-refractivity contribution < 1.29 is 4.79 Å². The Balaban J connectivity index is 1.67. The molecule has 20 heavy (non-hydrogen) atoms. The summed E-state index contributed by atoms with van der Waals surface area (Å²) in [4.78, 5) is 13.9. The lowest BCUT2D eigenvalue weighted by Crippen LogP contribution is -2.28. The molecular formula is C14H17ClN2OS2. The first-order chi connectivity index (χ1) is 9.65. The maximum absolute atomic E-state index is 11.8. The zero-order chi connectivity index (χ0) is 14.4. The van der Waals surface area contributed by atoms with E-state index in [0.29, 0.717) is 17.3 Å². The number of thiocarbonyl (C=S) groups is 1. The number of likely N-dealkylation sites (tertiary alicyclic amines) is 1. The molecule has 0 atom stereocenters. The van der Waals surface area contributed by atoms with Gasteiger partial charge in [-0.25, -0.2) is 0 Å². The van der Waals surface area contributed by atoms with E-state index in [9.17, 15) is 4.79 Å². The molecule has 6 heteroatoms. The molecule has 1 aliphatic heterocycles. The Morgan fingerprint density at radius 2 is 1.95 bits per heavy atom. The number of thioether (sulfide) groups is 1. The highest BCUT2D eigenvalue weighted by atomic mass is 35.5. The van der Waals surface area contributed by atoms with E-state index in [2.05, 4.69) is 10.2 Å². The van der Waals surface area contributed by atoms with Crippen LogP contribution in [0, 0.1) is 0 Å². The Labute approximate surface area is 134 Å². The van der Waals surface area contributed by atoms with Crippen molar-refractivity contribution in [3.63, 3.8) is 0 Å². The normalized spacial score (nSPS) is 14.3. The molecule has 0 aliphatic carbocycles. The van der Waals surface area contributed by atoms with E-state index >= 15 is 0 Å². The molecule has 0 saturated carbocycles. The molecule has 1 fully saturated rings. The SMILES string of the molecule is O=C(CSC(=S)N1CCCC1)NCc1ccc(Cl)cc1. The Kier molecular flexibility index (Phi) is 6.13. The highest BCUT2D eigenvalue weighted by Gasteiger charge is 2.15. The van der Waals surface area contributed by atoms with Gasteiger partial charge in [0.1, 0.15) is 4.32 Å². The van der Waals surface area contributed by atoms with Crippen LogP contribution in [0.2, 0.25) is 5.02 Å². The van der Waals surface area contributed by atoms with Crippen LogP contribution in [-0.2, 0) is 11.3 Å². The first-order valence-corrected chi connectivity index (χ1v) is 8.35. The lowest BCUT2D eigenvalue weighted by molar-refractivity contribution is -0.118. The monoisotopic (exact) mass is 328 g/mol. The van der Waals surface area contributed by atoms with E-state index in [1.807, 2.05) is 24.3 Å². The molecule has 2 rings (SSSR count). The Hall–Kier alpha value is -0.780. The summed E-state index contributed by atoms with van der Waals surface area (Å²) < 4.78 is 0.837. The van der Waals surface area contributed by atoms with Gasteiger partial charge in [0.05, 0.1) is 5.75 Å². The van der Waals surface area contributed by atoms with Crippen LogP contribution in [0.5, 0.6) is 0 Å². The Bertz CT molecular complexity index is 473. The number of hydrogen-bond acceptors (Lipinski definition) is 3. The molecule has 0 bridgehead atoms. The van der Waals surface area contributed by atoms with E-state index < -0.39 is 0 Å². The third kappa shape index (κ3) is 4.96. The van der Waals surface area contributed by atoms with Gasteiger partial charge in [-0.3, -0.25) is 4.79 Å². The molecule has 3 nitrogen and oxygen atoms in total. The van der Waals surface area contributed by atoms with E-state index in [1.165, 1.54) is 24.6 Å². The van der Waals surface area contributed by atoms with Gasteiger partial charge < -0.3 is 10.2 Å². The smallest absolute Gasteiger partial charge is 0.230 e. The molecule has 0 radical (unpaired) electrons. The van der Waals surface area contributed by atoms with Crippen LogP contribution in [0.25, 0.3) is 0 Å². The maximum Gasteiger partial charge on any atom is 0.230 e. The minimum atomic E-state index is 0.00602. The van der Waals surface area contributed by atoms with Crippen LogP contribution in [0.1, 0.15) is 18.4 Å². The van der Waals surface area contributed by atoms with Gasteiger partial charge in [-0.15, -0.1) is 0 Å². The van der Waals surface area contributed by atoms with Gasteiger partial charge in [0.25, 0.3) is 0 Å². The van der Waals surface area contributed by atoms with E-state index in [0.717, 1.165) is 23.0 Å². The number of nitrogens with one attached hydrogen (secondary N) is 1. The van der Waals surface area contributed by atoms with Crippen molar-refractivity contribution >= 4 is 45.8 Å². The van der Waals surface area contributed by atoms with Gasteiger partial charge in [-0.05, 0) is 30.5 Å². The number of carbonyl (C=O) groups is 1. The Morgan fingerprint density at radius 3 is 2.60 bits per heavy atom. The first kappa shape index (κ1) is 15.6. The molecule has 1 aromatic carbocycles. The highest BCUT2D eigenvalue weighted by Crippen LogP contribution is 2.16. The standard InChI is InChI=1S/C14H17ClN2OS2/c15-12-5-3-11(4-6-12)9-16-13(18)10-20-14(19)17-7-1-2-8-17/h3-6H,1-2,7-10H2,(H,16,18). The largest absolute Gasteiger partial charge is 0.358 e. The molecule has 0 aromatic heterocycles. The molecule has 1 saturated heterocycles. The predicted octanol–water partition coefficient (Wildman–Crippen LogP) is 3.07. The maximum atomic E-state index is 11.8. The van der Waals surface area contributed by atoms with Crippen molar-refractivity contribution in [1.82, 2.24) is 10.2 Å². The zero-order valence-corrected chi connectivity index (χ0v) is 13.5. The number of halogens is 1. The summed E-state index contributed by atoms with van der Waals surface area (Å²) >= 11 is 12.6. The molecule has 108 valence electrons. The number of amides is 1. The van der Waals surface area contributed by atoms with Gasteiger partial charge in [-0.1, -0.05) is 47.7 Å². The lowest BCUT2D eigenvalue weighted by atomic mass is 10.2. The summed E-state index contributed by atoms with van der Waals surface area (Å²) in [5.41, 5.74) is 1.04. The van der Waals surface area contributed by atoms with Gasteiger partial charge in [-0.2, -0.15) is 0 Å². The topological polar surface area (TPSA) is 32.3 Å². The number of rotatable bonds is 4. The van der Waals surface area contributed by atoms with Crippen LogP contribution < -0.4 is 5.32 Å². The van der Waals surface area contributed by atoms with Crippen LogP contribution in [0.4, 0.5) is 0 Å². The average Bonchev–Trinajstić information content (AvgIpc) is 2.98. The van der Waals surface area contributed by atoms with Gasteiger partial charge >= 0.3 is 0 Å². The summed E-state index contributed by atoms with van der Waals surface area (Å²) in [5.74, 6) is 0.384. The molecular weight excluding hydrogens is 312 g/mol. The number of carbonyl (C=O) groups excluding carboxylic acids is 1. The van der Waals surface area contributed by atoms with E-state index in [-0.39, 0.29) is 5.91 Å².